The maximum atomic E-state index is 11.7. The van der Waals surface area contributed by atoms with E-state index in [0.717, 1.165) is 12.8 Å². The molecule has 0 bridgehead atoms. The highest BCUT2D eigenvalue weighted by Crippen LogP contribution is 2.22. The molecular weight excluding hydrogens is 262 g/mol. The number of aliphatic carboxylic acids is 1. The molecule has 3 N–H and O–H groups in total. The molecule has 1 saturated heterocycles. The highest BCUT2D eigenvalue weighted by atomic mass is 16.4. The Labute approximate surface area is 118 Å². The van der Waals surface area contributed by atoms with Crippen molar-refractivity contribution in [1.82, 2.24) is 15.5 Å². The lowest BCUT2D eigenvalue weighted by atomic mass is 9.92. The van der Waals surface area contributed by atoms with Crippen molar-refractivity contribution in [2.45, 2.75) is 39.2 Å². The first-order chi connectivity index (χ1) is 9.43. The Hall–Kier alpha value is -1.63. The number of carbonyl (C=O) groups is 3. The summed E-state index contributed by atoms with van der Waals surface area (Å²) in [4.78, 5) is 35.9. The summed E-state index contributed by atoms with van der Waals surface area (Å²) in [5.41, 5.74) is 0. The fourth-order valence-corrected chi connectivity index (χ4v) is 2.27. The van der Waals surface area contributed by atoms with Gasteiger partial charge in [-0.1, -0.05) is 13.8 Å². The number of nitrogens with one attached hydrogen (secondary N) is 2. The lowest BCUT2D eigenvalue weighted by molar-refractivity contribution is -0.146. The molecule has 7 heteroatoms. The first-order valence-corrected chi connectivity index (χ1v) is 6.98. The van der Waals surface area contributed by atoms with Crippen LogP contribution in [0.15, 0.2) is 0 Å². The Kier molecular flexibility index (Phi) is 6.44. The van der Waals surface area contributed by atoms with E-state index in [0.29, 0.717) is 25.4 Å². The summed E-state index contributed by atoms with van der Waals surface area (Å²) < 4.78 is 0. The highest BCUT2D eigenvalue weighted by Gasteiger charge is 2.32. The van der Waals surface area contributed by atoms with Gasteiger partial charge in [-0.05, 0) is 31.7 Å². The van der Waals surface area contributed by atoms with Crippen LogP contribution in [0.25, 0.3) is 0 Å². The average molecular weight is 285 g/mol. The number of likely N-dealkylation sites (tertiary alicyclic amines) is 1. The summed E-state index contributed by atoms with van der Waals surface area (Å²) in [7, 11) is 0. The third kappa shape index (κ3) is 5.16. The van der Waals surface area contributed by atoms with E-state index in [-0.39, 0.29) is 6.54 Å². The maximum absolute atomic E-state index is 11.7. The van der Waals surface area contributed by atoms with Gasteiger partial charge in [-0.2, -0.15) is 0 Å². The zero-order valence-corrected chi connectivity index (χ0v) is 12.0. The van der Waals surface area contributed by atoms with Crippen molar-refractivity contribution < 1.29 is 19.5 Å². The second kappa shape index (κ2) is 7.84. The quantitative estimate of drug-likeness (QED) is 0.679. The molecule has 1 aliphatic heterocycles. The maximum Gasteiger partial charge on any atom is 0.321 e. The number of amides is 3. The highest BCUT2D eigenvalue weighted by molar-refractivity contribution is 5.95. The van der Waals surface area contributed by atoms with Gasteiger partial charge < -0.3 is 10.4 Å². The molecule has 3 amide bonds. The van der Waals surface area contributed by atoms with Gasteiger partial charge in [-0.15, -0.1) is 0 Å². The predicted octanol–water partition coefficient (Wildman–Crippen LogP) is 0.407. The fraction of sp³-hybridized carbons (Fsp3) is 0.769. The number of hydrogen-bond donors (Lipinski definition) is 3. The molecule has 0 aliphatic carbocycles. The second-order valence-corrected chi connectivity index (χ2v) is 5.26. The fourth-order valence-electron chi connectivity index (χ4n) is 2.27. The summed E-state index contributed by atoms with van der Waals surface area (Å²) in [5, 5.41) is 13.9. The van der Waals surface area contributed by atoms with Crippen molar-refractivity contribution in [3.8, 4) is 0 Å². The van der Waals surface area contributed by atoms with Gasteiger partial charge in [0.2, 0.25) is 5.91 Å². The molecule has 1 fully saturated rings. The van der Waals surface area contributed by atoms with Gasteiger partial charge >= 0.3 is 12.0 Å². The molecule has 0 aromatic heterocycles. The van der Waals surface area contributed by atoms with Crippen molar-refractivity contribution in [3.05, 3.63) is 0 Å². The van der Waals surface area contributed by atoms with Crippen LogP contribution in [0.1, 0.15) is 33.1 Å². The summed E-state index contributed by atoms with van der Waals surface area (Å²) in [6.07, 6.45) is 2.18. The van der Waals surface area contributed by atoms with Gasteiger partial charge in [0.1, 0.15) is 6.04 Å². The smallest absolute Gasteiger partial charge is 0.321 e. The van der Waals surface area contributed by atoms with E-state index >= 15 is 0 Å². The third-order valence-electron chi connectivity index (χ3n) is 3.40. The number of carboxylic acids is 1. The summed E-state index contributed by atoms with van der Waals surface area (Å²) in [6.45, 7) is 4.91. The number of urea groups is 1. The number of imide groups is 1. The van der Waals surface area contributed by atoms with E-state index in [1.807, 2.05) is 13.8 Å². The lowest BCUT2D eigenvalue weighted by Gasteiger charge is -2.35. The molecule has 20 heavy (non-hydrogen) atoms. The summed E-state index contributed by atoms with van der Waals surface area (Å²) >= 11 is 0. The number of carboxylic acid groups (broad SMARTS) is 1. The zero-order valence-electron chi connectivity index (χ0n) is 12.0. The topological polar surface area (TPSA) is 98.7 Å². The van der Waals surface area contributed by atoms with Gasteiger partial charge in [0.15, 0.2) is 0 Å². The van der Waals surface area contributed by atoms with Crippen LogP contribution in [0.3, 0.4) is 0 Å². The van der Waals surface area contributed by atoms with Crippen LogP contribution in [0.5, 0.6) is 0 Å². The van der Waals surface area contributed by atoms with E-state index in [4.69, 9.17) is 0 Å². The van der Waals surface area contributed by atoms with Crippen LogP contribution in [0, 0.1) is 5.92 Å². The minimum Gasteiger partial charge on any atom is -0.480 e. The van der Waals surface area contributed by atoms with Crippen LogP contribution < -0.4 is 10.6 Å². The Balaban J connectivity index is 2.47. The van der Waals surface area contributed by atoms with Gasteiger partial charge in [0.25, 0.3) is 0 Å². The molecule has 0 aromatic rings. The zero-order chi connectivity index (χ0) is 15.1. The van der Waals surface area contributed by atoms with Gasteiger partial charge in [-0.3, -0.25) is 19.8 Å². The molecule has 0 saturated carbocycles. The van der Waals surface area contributed by atoms with Crippen LogP contribution in [0.2, 0.25) is 0 Å². The average Bonchev–Trinajstić information content (AvgIpc) is 2.38. The second-order valence-electron chi connectivity index (χ2n) is 5.26. The normalized spacial score (nSPS) is 23.1. The molecule has 2 unspecified atom stereocenters. The Morgan fingerprint density at radius 3 is 2.65 bits per heavy atom. The third-order valence-corrected chi connectivity index (χ3v) is 3.40. The van der Waals surface area contributed by atoms with E-state index in [2.05, 4.69) is 10.6 Å². The minimum absolute atomic E-state index is 0.0662. The van der Waals surface area contributed by atoms with Gasteiger partial charge in [0.05, 0.1) is 6.54 Å². The Bertz CT molecular complexity index is 373. The lowest BCUT2D eigenvalue weighted by Crippen LogP contribution is -2.52. The molecule has 1 aliphatic rings. The van der Waals surface area contributed by atoms with Crippen LogP contribution in [-0.2, 0) is 9.59 Å². The summed E-state index contributed by atoms with van der Waals surface area (Å²) in [5.74, 6) is -1.05. The molecule has 7 nitrogen and oxygen atoms in total. The number of piperidine rings is 1. The molecule has 1 rings (SSSR count). The molecule has 0 radical (unpaired) electrons. The van der Waals surface area contributed by atoms with E-state index in [1.165, 1.54) is 0 Å². The first kappa shape index (κ1) is 16.4. The minimum atomic E-state index is -0.917. The Morgan fingerprint density at radius 1 is 1.35 bits per heavy atom. The van der Waals surface area contributed by atoms with Crippen molar-refractivity contribution >= 4 is 17.9 Å². The Morgan fingerprint density at radius 2 is 2.05 bits per heavy atom. The molecule has 2 atom stereocenters. The van der Waals surface area contributed by atoms with E-state index in [1.54, 1.807) is 4.90 Å². The molecule has 0 aromatic carbocycles. The molecule has 114 valence electrons. The van der Waals surface area contributed by atoms with E-state index < -0.39 is 23.9 Å². The number of carbonyl (C=O) groups excluding carboxylic acids is 2. The monoisotopic (exact) mass is 285 g/mol. The number of nitrogens with zero attached hydrogens (tertiary/aromatic N) is 1. The van der Waals surface area contributed by atoms with Gasteiger partial charge in [-0.25, -0.2) is 4.79 Å². The standard InChI is InChI=1S/C13H23N3O4/c1-3-5-14-13(20)15-11(17)8-16-6-4-9(2)7-10(16)12(18)19/h9-10H,3-8H2,1-2H3,(H,18,19)(H2,14,15,17,20). The molecular formula is C13H23N3O4. The van der Waals surface area contributed by atoms with Crippen LogP contribution in [-0.4, -0.2) is 53.6 Å². The van der Waals surface area contributed by atoms with Gasteiger partial charge in [0, 0.05) is 6.54 Å². The van der Waals surface area contributed by atoms with Crippen molar-refractivity contribution in [2.75, 3.05) is 19.6 Å². The molecule has 0 spiro atoms. The SMILES string of the molecule is CCCNC(=O)NC(=O)CN1CCC(C)CC1C(=O)O. The van der Waals surface area contributed by atoms with Crippen molar-refractivity contribution in [1.29, 1.82) is 0 Å². The van der Waals surface area contributed by atoms with Crippen molar-refractivity contribution in [3.63, 3.8) is 0 Å². The van der Waals surface area contributed by atoms with E-state index in [9.17, 15) is 19.5 Å². The largest absolute Gasteiger partial charge is 0.480 e. The van der Waals surface area contributed by atoms with Crippen molar-refractivity contribution in [2.24, 2.45) is 5.92 Å². The summed E-state index contributed by atoms with van der Waals surface area (Å²) in [6, 6.07) is -1.18. The first-order valence-electron chi connectivity index (χ1n) is 6.98. The van der Waals surface area contributed by atoms with Crippen LogP contribution in [0.4, 0.5) is 4.79 Å². The molecule has 1 heterocycles. The predicted molar refractivity (Wildman–Crippen MR) is 73.2 cm³/mol. The number of hydrogen-bond acceptors (Lipinski definition) is 4. The number of rotatable bonds is 5. The van der Waals surface area contributed by atoms with Crippen LogP contribution >= 0.6 is 0 Å².